The molecule has 1 amide bonds. The Morgan fingerprint density at radius 3 is 1.90 bits per heavy atom. The van der Waals surface area contributed by atoms with E-state index in [0.717, 1.165) is 13.2 Å². The summed E-state index contributed by atoms with van der Waals surface area (Å²) in [6.07, 6.45) is -0.280. The Morgan fingerprint density at radius 1 is 1.14 bits per heavy atom. The largest absolute Gasteiger partial charge is 0.402 e. The van der Waals surface area contributed by atoms with Crippen LogP contribution in [0, 0.1) is 5.41 Å². The maximum atomic E-state index is 12.1. The van der Waals surface area contributed by atoms with Crippen LogP contribution in [0.15, 0.2) is 0 Å². The topological polar surface area (TPSA) is 47.6 Å². The molecule has 0 aliphatic carbocycles. The van der Waals surface area contributed by atoms with Crippen molar-refractivity contribution in [3.8, 4) is 0 Å². The molecule has 21 heavy (non-hydrogen) atoms. The third kappa shape index (κ3) is 2.57. The van der Waals surface area contributed by atoms with Crippen molar-refractivity contribution in [1.82, 2.24) is 5.32 Å². The van der Waals surface area contributed by atoms with Gasteiger partial charge in [-0.15, -0.1) is 0 Å². The highest BCUT2D eigenvalue weighted by molar-refractivity contribution is 6.77. The van der Waals surface area contributed by atoms with Gasteiger partial charge in [0, 0.05) is 5.41 Å². The number of hydrogen-bond donors (Lipinski definition) is 1. The van der Waals surface area contributed by atoms with E-state index in [0.29, 0.717) is 16.6 Å². The fraction of sp³-hybridized carbons (Fsp3) is 0.938. The fourth-order valence-electron chi connectivity index (χ4n) is 4.26. The van der Waals surface area contributed by atoms with Gasteiger partial charge < -0.3 is 14.5 Å². The van der Waals surface area contributed by atoms with Crippen LogP contribution in [-0.4, -0.2) is 39.6 Å². The molecule has 1 N–H and O–H groups in total. The molecular formula is C16H31NO3Si. The molecule has 5 heteroatoms. The Hall–Kier alpha value is -0.393. The Kier molecular flexibility index (Phi) is 4.58. The number of carbonyl (C=O) groups is 1. The molecule has 2 aliphatic heterocycles. The predicted octanol–water partition coefficient (Wildman–Crippen LogP) is 3.08. The Bertz CT molecular complexity index is 383. The van der Waals surface area contributed by atoms with E-state index in [4.69, 9.17) is 9.16 Å². The summed E-state index contributed by atoms with van der Waals surface area (Å²) >= 11 is 0. The van der Waals surface area contributed by atoms with Gasteiger partial charge >= 0.3 is 0 Å². The minimum Gasteiger partial charge on any atom is -0.402 e. The lowest BCUT2D eigenvalue weighted by Crippen LogP contribution is -2.75. The molecule has 2 atom stereocenters. The first-order chi connectivity index (χ1) is 9.65. The van der Waals surface area contributed by atoms with E-state index < -0.39 is 8.32 Å². The summed E-state index contributed by atoms with van der Waals surface area (Å²) in [5.41, 5.74) is 1.54. The molecule has 0 unspecified atom stereocenters. The highest BCUT2D eigenvalue weighted by atomic mass is 28.4. The molecule has 2 aliphatic rings. The third-order valence-electron chi connectivity index (χ3n) is 5.51. The average Bonchev–Trinajstić information content (AvgIpc) is 2.32. The summed E-state index contributed by atoms with van der Waals surface area (Å²) in [7, 11) is -2.01. The van der Waals surface area contributed by atoms with Crippen molar-refractivity contribution in [2.24, 2.45) is 5.41 Å². The van der Waals surface area contributed by atoms with E-state index in [1.807, 2.05) is 0 Å². The highest BCUT2D eigenvalue weighted by Gasteiger charge is 2.58. The van der Waals surface area contributed by atoms with Gasteiger partial charge in [-0.3, -0.25) is 4.79 Å². The summed E-state index contributed by atoms with van der Waals surface area (Å²) in [5.74, 6) is 0.0620. The number of rotatable bonds is 6. The molecular weight excluding hydrogens is 282 g/mol. The maximum absolute atomic E-state index is 12.1. The van der Waals surface area contributed by atoms with Gasteiger partial charge in [0.05, 0.1) is 19.3 Å². The molecule has 0 saturated carbocycles. The summed E-state index contributed by atoms with van der Waals surface area (Å²) in [5, 5.41) is 3.05. The molecule has 2 heterocycles. The van der Waals surface area contributed by atoms with E-state index in [9.17, 15) is 4.79 Å². The summed E-state index contributed by atoms with van der Waals surface area (Å²) in [4.78, 5) is 12.1. The van der Waals surface area contributed by atoms with Crippen LogP contribution < -0.4 is 5.32 Å². The van der Waals surface area contributed by atoms with Gasteiger partial charge in [0.2, 0.25) is 14.2 Å². The number of hydrogen-bond acceptors (Lipinski definition) is 3. The van der Waals surface area contributed by atoms with E-state index >= 15 is 0 Å². The number of β-lactam (4-membered cyclic amide) rings is 1. The van der Waals surface area contributed by atoms with Crippen LogP contribution in [0.25, 0.3) is 0 Å². The Balaban J connectivity index is 2.21. The highest BCUT2D eigenvalue weighted by Crippen LogP contribution is 2.46. The Morgan fingerprint density at radius 2 is 1.62 bits per heavy atom. The molecule has 2 saturated heterocycles. The van der Waals surface area contributed by atoms with E-state index in [1.165, 1.54) is 0 Å². The lowest BCUT2D eigenvalue weighted by molar-refractivity contribution is -0.175. The third-order valence-corrected chi connectivity index (χ3v) is 11.6. The zero-order chi connectivity index (χ0) is 16.0. The predicted molar refractivity (Wildman–Crippen MR) is 86.8 cm³/mol. The van der Waals surface area contributed by atoms with Crippen molar-refractivity contribution in [3.05, 3.63) is 0 Å². The molecule has 0 aromatic rings. The van der Waals surface area contributed by atoms with Crippen molar-refractivity contribution in [2.45, 2.75) is 77.2 Å². The van der Waals surface area contributed by atoms with Crippen molar-refractivity contribution < 1.29 is 14.0 Å². The second kappa shape index (κ2) is 5.67. The number of nitrogens with one attached hydrogen (secondary N) is 1. The second-order valence-electron chi connectivity index (χ2n) is 7.99. The van der Waals surface area contributed by atoms with Crippen molar-refractivity contribution >= 4 is 14.2 Å². The van der Waals surface area contributed by atoms with Crippen LogP contribution in [0.2, 0.25) is 16.6 Å². The summed E-state index contributed by atoms with van der Waals surface area (Å²) in [6.45, 7) is 17.2. The normalized spacial score (nSPS) is 28.6. The van der Waals surface area contributed by atoms with Crippen LogP contribution >= 0.6 is 0 Å². The second-order valence-corrected chi connectivity index (χ2v) is 13.4. The summed E-state index contributed by atoms with van der Waals surface area (Å²) < 4.78 is 12.0. The minimum absolute atomic E-state index is 0.0453. The molecule has 0 radical (unpaired) electrons. The van der Waals surface area contributed by atoms with Gasteiger partial charge in [0.1, 0.15) is 6.10 Å². The van der Waals surface area contributed by atoms with Crippen molar-refractivity contribution in [1.29, 1.82) is 0 Å². The molecule has 0 aromatic heterocycles. The monoisotopic (exact) mass is 313 g/mol. The maximum Gasteiger partial charge on any atom is 0.250 e. The van der Waals surface area contributed by atoms with E-state index in [2.05, 4.69) is 53.8 Å². The molecule has 0 bridgehead atoms. The molecule has 122 valence electrons. The van der Waals surface area contributed by atoms with Crippen LogP contribution in [0.4, 0.5) is 0 Å². The van der Waals surface area contributed by atoms with Crippen LogP contribution in [-0.2, 0) is 14.0 Å². The average molecular weight is 314 g/mol. The number of amides is 1. The molecule has 0 aromatic carbocycles. The van der Waals surface area contributed by atoms with Crippen LogP contribution in [0.3, 0.4) is 0 Å². The van der Waals surface area contributed by atoms with Crippen molar-refractivity contribution in [3.63, 3.8) is 0 Å². The lowest BCUT2D eigenvalue weighted by Gasteiger charge is -2.55. The van der Waals surface area contributed by atoms with E-state index in [-0.39, 0.29) is 23.5 Å². The number of carbonyl (C=O) groups excluding carboxylic acids is 1. The summed E-state index contributed by atoms with van der Waals surface area (Å²) in [6, 6.07) is 0.113. The van der Waals surface area contributed by atoms with Gasteiger partial charge in [-0.2, -0.15) is 0 Å². The van der Waals surface area contributed by atoms with Gasteiger partial charge in [0.15, 0.2) is 0 Å². The lowest BCUT2D eigenvalue weighted by atomic mass is 9.74. The SMILES string of the molecule is CC(C)[Si](O[C@@H]1C(=O)N[C@@H]1C1(C)COC1)(C(C)C)C(C)C. The van der Waals surface area contributed by atoms with Gasteiger partial charge in [-0.1, -0.05) is 48.5 Å². The quantitative estimate of drug-likeness (QED) is 0.605. The molecule has 2 rings (SSSR count). The van der Waals surface area contributed by atoms with Gasteiger partial charge in [0.25, 0.3) is 0 Å². The van der Waals surface area contributed by atoms with Gasteiger partial charge in [-0.25, -0.2) is 0 Å². The zero-order valence-electron chi connectivity index (χ0n) is 14.5. The first-order valence-corrected chi connectivity index (χ1v) is 10.3. The van der Waals surface area contributed by atoms with E-state index in [1.54, 1.807) is 0 Å². The first kappa shape index (κ1) is 17.0. The number of ether oxygens (including phenoxy) is 1. The Labute approximate surface area is 130 Å². The molecule has 4 nitrogen and oxygen atoms in total. The molecule has 0 spiro atoms. The van der Waals surface area contributed by atoms with Crippen molar-refractivity contribution in [2.75, 3.05) is 13.2 Å². The van der Waals surface area contributed by atoms with Crippen LogP contribution in [0.1, 0.15) is 48.5 Å². The smallest absolute Gasteiger partial charge is 0.250 e. The zero-order valence-corrected chi connectivity index (χ0v) is 15.5. The fourth-order valence-corrected chi connectivity index (χ4v) is 9.76. The van der Waals surface area contributed by atoms with Crippen LogP contribution in [0.5, 0.6) is 0 Å². The minimum atomic E-state index is -2.01. The first-order valence-electron chi connectivity index (χ1n) is 8.21. The standard InChI is InChI=1S/C16H31NO3Si/c1-10(2)21(11(3)4,12(5)6)20-13-14(17-15(13)18)16(7)8-19-9-16/h10-14H,8-9H2,1-7H3,(H,17,18)/t13-,14-/m0/s1. The van der Waals surface area contributed by atoms with Gasteiger partial charge in [-0.05, 0) is 16.6 Å². The molecule has 2 fully saturated rings.